The molecular formula is C21H26N2O2. The molecule has 132 valence electrons. The third kappa shape index (κ3) is 4.89. The molecule has 1 unspecified atom stereocenters. The predicted octanol–water partition coefficient (Wildman–Crippen LogP) is 3.96. The Kier molecular flexibility index (Phi) is 5.82. The van der Waals surface area contributed by atoms with Crippen molar-refractivity contribution in [3.63, 3.8) is 0 Å². The minimum atomic E-state index is 0.0601. The van der Waals surface area contributed by atoms with Gasteiger partial charge in [0.25, 0.3) is 0 Å². The molecule has 0 spiro atoms. The van der Waals surface area contributed by atoms with Crippen LogP contribution in [-0.2, 0) is 6.54 Å². The van der Waals surface area contributed by atoms with Crippen molar-refractivity contribution in [3.05, 3.63) is 59.9 Å². The van der Waals surface area contributed by atoms with Gasteiger partial charge in [0.15, 0.2) is 5.78 Å². The molecule has 3 rings (SSSR count). The third-order valence-electron chi connectivity index (χ3n) is 4.52. The van der Waals surface area contributed by atoms with Crippen molar-refractivity contribution in [1.29, 1.82) is 0 Å². The van der Waals surface area contributed by atoms with Gasteiger partial charge in [0, 0.05) is 37.0 Å². The van der Waals surface area contributed by atoms with Gasteiger partial charge in [0.05, 0.1) is 6.10 Å². The lowest BCUT2D eigenvalue weighted by molar-refractivity contribution is 0.0811. The molecule has 1 saturated heterocycles. The molecule has 25 heavy (non-hydrogen) atoms. The van der Waals surface area contributed by atoms with E-state index in [1.54, 1.807) is 0 Å². The van der Waals surface area contributed by atoms with E-state index in [0.717, 1.165) is 43.8 Å². The zero-order valence-electron chi connectivity index (χ0n) is 15.0. The number of piperidine rings is 1. The number of likely N-dealkylation sites (tertiary alicyclic amines) is 1. The van der Waals surface area contributed by atoms with Crippen molar-refractivity contribution in [3.8, 4) is 5.75 Å². The summed E-state index contributed by atoms with van der Waals surface area (Å²) < 4.78 is 5.72. The van der Waals surface area contributed by atoms with Gasteiger partial charge in [-0.25, -0.2) is 0 Å². The SMILES string of the molecule is CC(C)Oc1cccc(C(=O)C2CCCN(Cc3ccncc3)C2)c1. The average Bonchev–Trinajstić information content (AvgIpc) is 2.62. The van der Waals surface area contributed by atoms with Crippen LogP contribution in [0.2, 0.25) is 0 Å². The van der Waals surface area contributed by atoms with Gasteiger partial charge in [-0.1, -0.05) is 12.1 Å². The Labute approximate surface area is 149 Å². The van der Waals surface area contributed by atoms with E-state index in [2.05, 4.69) is 9.88 Å². The third-order valence-corrected chi connectivity index (χ3v) is 4.52. The molecule has 1 atom stereocenters. The Morgan fingerprint density at radius 1 is 1.28 bits per heavy atom. The number of benzene rings is 1. The standard InChI is InChI=1S/C21H26N2O2/c1-16(2)25-20-7-3-5-18(13-20)21(24)19-6-4-12-23(15-19)14-17-8-10-22-11-9-17/h3,5,7-11,13,16,19H,4,6,12,14-15H2,1-2H3. The van der Waals surface area contributed by atoms with Crippen LogP contribution in [0.3, 0.4) is 0 Å². The van der Waals surface area contributed by atoms with Gasteiger partial charge in [-0.3, -0.25) is 14.7 Å². The van der Waals surface area contributed by atoms with Gasteiger partial charge in [-0.05, 0) is 63.1 Å². The van der Waals surface area contributed by atoms with Crippen LogP contribution in [-0.4, -0.2) is 34.9 Å². The Hall–Kier alpha value is -2.20. The number of nitrogens with zero attached hydrogens (tertiary/aromatic N) is 2. The zero-order chi connectivity index (χ0) is 17.6. The summed E-state index contributed by atoms with van der Waals surface area (Å²) in [6, 6.07) is 11.7. The van der Waals surface area contributed by atoms with Gasteiger partial charge in [-0.15, -0.1) is 0 Å². The maximum absolute atomic E-state index is 12.9. The molecule has 2 heterocycles. The molecule has 0 radical (unpaired) electrons. The number of pyridine rings is 1. The smallest absolute Gasteiger partial charge is 0.167 e. The Balaban J connectivity index is 1.65. The summed E-state index contributed by atoms with van der Waals surface area (Å²) in [7, 11) is 0. The predicted molar refractivity (Wildman–Crippen MR) is 98.8 cm³/mol. The largest absolute Gasteiger partial charge is 0.491 e. The Morgan fingerprint density at radius 2 is 2.08 bits per heavy atom. The molecule has 1 fully saturated rings. The van der Waals surface area contributed by atoms with E-state index in [1.807, 2.05) is 62.6 Å². The van der Waals surface area contributed by atoms with Crippen LogP contribution >= 0.6 is 0 Å². The number of carbonyl (C=O) groups is 1. The fourth-order valence-corrected chi connectivity index (χ4v) is 3.39. The van der Waals surface area contributed by atoms with E-state index in [4.69, 9.17) is 4.74 Å². The van der Waals surface area contributed by atoms with Gasteiger partial charge in [0.2, 0.25) is 0 Å². The van der Waals surface area contributed by atoms with Crippen LogP contribution in [0.25, 0.3) is 0 Å². The fourth-order valence-electron chi connectivity index (χ4n) is 3.39. The Bertz CT molecular complexity index is 700. The second-order valence-corrected chi connectivity index (χ2v) is 6.99. The van der Waals surface area contributed by atoms with Crippen molar-refractivity contribution in [2.75, 3.05) is 13.1 Å². The van der Waals surface area contributed by atoms with Gasteiger partial charge in [-0.2, -0.15) is 0 Å². The summed E-state index contributed by atoms with van der Waals surface area (Å²) >= 11 is 0. The highest BCUT2D eigenvalue weighted by atomic mass is 16.5. The molecule has 2 aromatic rings. The summed E-state index contributed by atoms with van der Waals surface area (Å²) in [4.78, 5) is 19.4. The van der Waals surface area contributed by atoms with Gasteiger partial charge >= 0.3 is 0 Å². The topological polar surface area (TPSA) is 42.4 Å². The molecule has 0 amide bonds. The van der Waals surface area contributed by atoms with Gasteiger partial charge in [0.1, 0.15) is 5.75 Å². The van der Waals surface area contributed by atoms with E-state index < -0.39 is 0 Å². The number of ketones is 1. The number of hydrogen-bond acceptors (Lipinski definition) is 4. The number of hydrogen-bond donors (Lipinski definition) is 0. The Morgan fingerprint density at radius 3 is 2.84 bits per heavy atom. The summed E-state index contributed by atoms with van der Waals surface area (Å²) in [5.41, 5.74) is 2.00. The monoisotopic (exact) mass is 338 g/mol. The number of ether oxygens (including phenoxy) is 1. The lowest BCUT2D eigenvalue weighted by Gasteiger charge is -2.32. The van der Waals surface area contributed by atoms with Crippen LogP contribution in [0.4, 0.5) is 0 Å². The second kappa shape index (κ2) is 8.26. The van der Waals surface area contributed by atoms with Crippen molar-refractivity contribution in [1.82, 2.24) is 9.88 Å². The molecule has 0 aliphatic carbocycles. The first kappa shape index (κ1) is 17.6. The summed E-state index contributed by atoms with van der Waals surface area (Å²) in [6.45, 7) is 6.72. The van der Waals surface area contributed by atoms with Crippen LogP contribution in [0, 0.1) is 5.92 Å². The first-order valence-corrected chi connectivity index (χ1v) is 9.04. The fraction of sp³-hybridized carbons (Fsp3) is 0.429. The molecule has 0 bridgehead atoms. The average molecular weight is 338 g/mol. The molecule has 4 heteroatoms. The number of aromatic nitrogens is 1. The number of rotatable bonds is 6. The highest BCUT2D eigenvalue weighted by molar-refractivity contribution is 5.98. The van der Waals surface area contributed by atoms with E-state index in [9.17, 15) is 4.79 Å². The van der Waals surface area contributed by atoms with Gasteiger partial charge < -0.3 is 4.74 Å². The lowest BCUT2D eigenvalue weighted by Crippen LogP contribution is -2.38. The van der Waals surface area contributed by atoms with Crippen molar-refractivity contribution < 1.29 is 9.53 Å². The molecule has 1 aromatic carbocycles. The minimum absolute atomic E-state index is 0.0601. The van der Waals surface area contributed by atoms with E-state index in [1.165, 1.54) is 5.56 Å². The van der Waals surface area contributed by atoms with Crippen LogP contribution in [0.5, 0.6) is 5.75 Å². The van der Waals surface area contributed by atoms with Crippen LogP contribution in [0.15, 0.2) is 48.8 Å². The first-order chi connectivity index (χ1) is 12.1. The molecule has 0 saturated carbocycles. The summed E-state index contributed by atoms with van der Waals surface area (Å²) in [5.74, 6) is 1.06. The number of Topliss-reactive ketones (excluding diaryl/α,β-unsaturated/α-hetero) is 1. The van der Waals surface area contributed by atoms with Crippen molar-refractivity contribution in [2.45, 2.75) is 39.3 Å². The zero-order valence-corrected chi connectivity index (χ0v) is 15.0. The molecule has 4 nitrogen and oxygen atoms in total. The summed E-state index contributed by atoms with van der Waals surface area (Å²) in [6.07, 6.45) is 5.77. The van der Waals surface area contributed by atoms with Crippen LogP contribution in [0.1, 0.15) is 42.6 Å². The molecule has 1 aliphatic heterocycles. The molecule has 0 N–H and O–H groups in total. The maximum atomic E-state index is 12.9. The number of carbonyl (C=O) groups excluding carboxylic acids is 1. The second-order valence-electron chi connectivity index (χ2n) is 6.99. The highest BCUT2D eigenvalue weighted by Gasteiger charge is 2.26. The maximum Gasteiger partial charge on any atom is 0.167 e. The quantitative estimate of drug-likeness (QED) is 0.748. The first-order valence-electron chi connectivity index (χ1n) is 9.04. The molecular weight excluding hydrogens is 312 g/mol. The van der Waals surface area contributed by atoms with E-state index in [-0.39, 0.29) is 17.8 Å². The molecule has 1 aliphatic rings. The normalized spacial score (nSPS) is 18.3. The minimum Gasteiger partial charge on any atom is -0.491 e. The molecule has 1 aromatic heterocycles. The highest BCUT2D eigenvalue weighted by Crippen LogP contribution is 2.24. The van der Waals surface area contributed by atoms with Crippen LogP contribution < -0.4 is 4.74 Å². The van der Waals surface area contributed by atoms with E-state index in [0.29, 0.717) is 0 Å². The van der Waals surface area contributed by atoms with E-state index >= 15 is 0 Å². The summed E-state index contributed by atoms with van der Waals surface area (Å²) in [5, 5.41) is 0. The van der Waals surface area contributed by atoms with Crippen molar-refractivity contribution >= 4 is 5.78 Å². The lowest BCUT2D eigenvalue weighted by atomic mass is 9.89. The van der Waals surface area contributed by atoms with Crippen molar-refractivity contribution in [2.24, 2.45) is 5.92 Å².